The monoisotopic (exact) mass is 315 g/mol. The van der Waals surface area contributed by atoms with E-state index in [0.29, 0.717) is 6.54 Å². The van der Waals surface area contributed by atoms with Crippen LogP contribution in [0.4, 0.5) is 0 Å². The first-order valence-electron chi connectivity index (χ1n) is 6.31. The molecular weight excluding hydrogens is 298 g/mol. The van der Waals surface area contributed by atoms with E-state index in [4.69, 9.17) is 4.74 Å². The molecule has 0 aliphatic carbocycles. The highest BCUT2D eigenvalue weighted by Crippen LogP contribution is 2.40. The van der Waals surface area contributed by atoms with E-state index in [1.807, 2.05) is 6.92 Å². The van der Waals surface area contributed by atoms with Gasteiger partial charge in [0.2, 0.25) is 11.8 Å². The maximum Gasteiger partial charge on any atom is 0.236 e. The molecule has 2 fully saturated rings. The summed E-state index contributed by atoms with van der Waals surface area (Å²) in [7, 11) is 0. The molecule has 4 unspecified atom stereocenters. The average molecular weight is 316 g/mol. The summed E-state index contributed by atoms with van der Waals surface area (Å²) in [5.41, 5.74) is 0. The van der Waals surface area contributed by atoms with E-state index in [1.165, 1.54) is 4.90 Å². The van der Waals surface area contributed by atoms with Crippen LogP contribution in [0.15, 0.2) is 12.7 Å². The van der Waals surface area contributed by atoms with Crippen LogP contribution in [0.2, 0.25) is 0 Å². The third kappa shape index (κ3) is 2.14. The Balaban J connectivity index is 2.11. The van der Waals surface area contributed by atoms with Crippen molar-refractivity contribution in [1.29, 1.82) is 0 Å². The Morgan fingerprint density at radius 3 is 2.61 bits per heavy atom. The second-order valence-electron chi connectivity index (χ2n) is 4.82. The van der Waals surface area contributed by atoms with Gasteiger partial charge in [-0.05, 0) is 19.8 Å². The van der Waals surface area contributed by atoms with E-state index >= 15 is 0 Å². The number of carbonyl (C=O) groups excluding carboxylic acids is 2. The molecule has 5 heteroatoms. The molecule has 4 nitrogen and oxygen atoms in total. The van der Waals surface area contributed by atoms with Crippen molar-refractivity contribution in [3.8, 4) is 0 Å². The lowest BCUT2D eigenvalue weighted by molar-refractivity contribution is -0.142. The standard InChI is InChI=1S/C13H18BrNO3/c1-3-9-11-10(8(2)18-9)12(16)15(13(11)17)7-5-4-6-14/h3,8-11H,1,4-7H2,2H3. The first kappa shape index (κ1) is 13.7. The molecule has 2 amide bonds. The van der Waals surface area contributed by atoms with Crippen molar-refractivity contribution in [3.63, 3.8) is 0 Å². The van der Waals surface area contributed by atoms with Crippen LogP contribution in [-0.4, -0.2) is 40.8 Å². The average Bonchev–Trinajstić information content (AvgIpc) is 2.81. The zero-order valence-corrected chi connectivity index (χ0v) is 12.1. The topological polar surface area (TPSA) is 46.6 Å². The molecule has 2 heterocycles. The summed E-state index contributed by atoms with van der Waals surface area (Å²) >= 11 is 3.35. The van der Waals surface area contributed by atoms with Gasteiger partial charge in [-0.1, -0.05) is 22.0 Å². The molecule has 4 atom stereocenters. The molecular formula is C13H18BrNO3. The molecule has 0 saturated carbocycles. The molecule has 2 saturated heterocycles. The van der Waals surface area contributed by atoms with E-state index in [2.05, 4.69) is 22.5 Å². The summed E-state index contributed by atoms with van der Waals surface area (Å²) in [4.78, 5) is 25.9. The maximum atomic E-state index is 12.3. The molecule has 0 aromatic heterocycles. The van der Waals surface area contributed by atoms with Crippen molar-refractivity contribution in [2.75, 3.05) is 11.9 Å². The van der Waals surface area contributed by atoms with Crippen LogP contribution in [0.1, 0.15) is 19.8 Å². The molecule has 18 heavy (non-hydrogen) atoms. The molecule has 0 aromatic carbocycles. The zero-order valence-electron chi connectivity index (χ0n) is 10.5. The lowest BCUT2D eigenvalue weighted by atomic mass is 9.90. The normalized spacial score (nSPS) is 35.1. The van der Waals surface area contributed by atoms with Crippen molar-refractivity contribution in [1.82, 2.24) is 4.90 Å². The third-order valence-electron chi connectivity index (χ3n) is 3.72. The fourth-order valence-corrected chi connectivity index (χ4v) is 3.21. The van der Waals surface area contributed by atoms with Crippen LogP contribution in [0.3, 0.4) is 0 Å². The molecule has 0 N–H and O–H groups in total. The lowest BCUT2D eigenvalue weighted by Crippen LogP contribution is -2.36. The molecule has 0 aromatic rings. The Morgan fingerprint density at radius 1 is 1.33 bits per heavy atom. The van der Waals surface area contributed by atoms with Crippen LogP contribution < -0.4 is 0 Å². The van der Waals surface area contributed by atoms with E-state index < -0.39 is 0 Å². The second kappa shape index (κ2) is 5.53. The first-order chi connectivity index (χ1) is 8.61. The van der Waals surface area contributed by atoms with Crippen LogP contribution in [0.25, 0.3) is 0 Å². The van der Waals surface area contributed by atoms with Crippen molar-refractivity contribution in [3.05, 3.63) is 12.7 Å². The first-order valence-corrected chi connectivity index (χ1v) is 7.43. The van der Waals surface area contributed by atoms with Gasteiger partial charge >= 0.3 is 0 Å². The Labute approximate surface area is 115 Å². The van der Waals surface area contributed by atoms with Gasteiger partial charge in [0.1, 0.15) is 0 Å². The number of nitrogens with zero attached hydrogens (tertiary/aromatic N) is 1. The van der Waals surface area contributed by atoms with Gasteiger partial charge in [-0.3, -0.25) is 14.5 Å². The summed E-state index contributed by atoms with van der Waals surface area (Å²) in [6, 6.07) is 0. The van der Waals surface area contributed by atoms with Gasteiger partial charge in [-0.25, -0.2) is 0 Å². The second-order valence-corrected chi connectivity index (χ2v) is 5.61. The van der Waals surface area contributed by atoms with E-state index in [-0.39, 0.29) is 35.9 Å². The smallest absolute Gasteiger partial charge is 0.236 e. The van der Waals surface area contributed by atoms with Crippen LogP contribution >= 0.6 is 15.9 Å². The number of imide groups is 1. The number of fused-ring (bicyclic) bond motifs is 1. The summed E-state index contributed by atoms with van der Waals surface area (Å²) in [6.45, 7) is 6.06. The SMILES string of the molecule is C=CC1OC(C)C2C(=O)N(CCCCBr)C(=O)C12. The molecule has 0 spiro atoms. The number of hydrogen-bond acceptors (Lipinski definition) is 3. The Hall–Kier alpha value is -0.680. The number of rotatable bonds is 5. The third-order valence-corrected chi connectivity index (χ3v) is 4.28. The van der Waals surface area contributed by atoms with Gasteiger partial charge < -0.3 is 4.74 Å². The molecule has 2 aliphatic rings. The van der Waals surface area contributed by atoms with E-state index in [0.717, 1.165) is 18.2 Å². The molecule has 100 valence electrons. The summed E-state index contributed by atoms with van der Waals surface area (Å²) in [5, 5.41) is 0.894. The van der Waals surface area contributed by atoms with Gasteiger partial charge in [0.05, 0.1) is 24.0 Å². The number of unbranched alkanes of at least 4 members (excludes halogenated alkanes) is 1. The highest BCUT2D eigenvalue weighted by molar-refractivity contribution is 9.09. The van der Waals surface area contributed by atoms with Gasteiger partial charge in [0, 0.05) is 11.9 Å². The van der Waals surface area contributed by atoms with E-state index in [9.17, 15) is 9.59 Å². The number of hydrogen-bond donors (Lipinski definition) is 0. The van der Waals surface area contributed by atoms with Crippen molar-refractivity contribution in [2.24, 2.45) is 11.8 Å². The summed E-state index contributed by atoms with van der Waals surface area (Å²) in [5.74, 6) is -0.830. The Kier molecular flexibility index (Phi) is 4.22. The van der Waals surface area contributed by atoms with Gasteiger partial charge in [-0.2, -0.15) is 0 Å². The minimum absolute atomic E-state index is 0.0728. The largest absolute Gasteiger partial charge is 0.370 e. The number of ether oxygens (including phenoxy) is 1. The van der Waals surface area contributed by atoms with Crippen LogP contribution in [0, 0.1) is 11.8 Å². The minimum Gasteiger partial charge on any atom is -0.370 e. The molecule has 2 rings (SSSR count). The highest BCUT2D eigenvalue weighted by atomic mass is 79.9. The number of carbonyl (C=O) groups is 2. The van der Waals surface area contributed by atoms with Gasteiger partial charge in [0.25, 0.3) is 0 Å². The fraction of sp³-hybridized carbons (Fsp3) is 0.692. The summed E-state index contributed by atoms with van der Waals surface area (Å²) < 4.78 is 5.60. The zero-order chi connectivity index (χ0) is 13.3. The maximum absolute atomic E-state index is 12.3. The van der Waals surface area contributed by atoms with Crippen LogP contribution in [0.5, 0.6) is 0 Å². The van der Waals surface area contributed by atoms with Crippen molar-refractivity contribution < 1.29 is 14.3 Å². The Bertz CT molecular complexity index is 371. The highest BCUT2D eigenvalue weighted by Gasteiger charge is 2.57. The molecule has 0 bridgehead atoms. The van der Waals surface area contributed by atoms with Crippen molar-refractivity contribution in [2.45, 2.75) is 32.0 Å². The van der Waals surface area contributed by atoms with E-state index in [1.54, 1.807) is 6.08 Å². The number of halogens is 1. The van der Waals surface area contributed by atoms with Crippen molar-refractivity contribution >= 4 is 27.7 Å². The van der Waals surface area contributed by atoms with Gasteiger partial charge in [-0.15, -0.1) is 6.58 Å². The van der Waals surface area contributed by atoms with Crippen LogP contribution in [-0.2, 0) is 14.3 Å². The number of amides is 2. The quantitative estimate of drug-likeness (QED) is 0.336. The molecule has 0 radical (unpaired) electrons. The Morgan fingerprint density at radius 2 is 2.00 bits per heavy atom. The number of alkyl halides is 1. The predicted molar refractivity (Wildman–Crippen MR) is 71.3 cm³/mol. The van der Waals surface area contributed by atoms with Gasteiger partial charge in [0.15, 0.2) is 0 Å². The number of likely N-dealkylation sites (tertiary alicyclic amines) is 1. The minimum atomic E-state index is -0.353. The fourth-order valence-electron chi connectivity index (χ4n) is 2.82. The summed E-state index contributed by atoms with van der Waals surface area (Å²) in [6.07, 6.45) is 2.92. The lowest BCUT2D eigenvalue weighted by Gasteiger charge is -2.18. The molecule has 2 aliphatic heterocycles. The predicted octanol–water partition coefficient (Wildman–Crippen LogP) is 1.74.